The molecule has 1 aromatic carbocycles. The van der Waals surface area contributed by atoms with Crippen LogP contribution in [0.15, 0.2) is 12.1 Å². The van der Waals surface area contributed by atoms with Gasteiger partial charge in [-0.3, -0.25) is 4.79 Å². The van der Waals surface area contributed by atoms with Crippen molar-refractivity contribution in [2.75, 3.05) is 17.6 Å². The first-order chi connectivity index (χ1) is 7.95. The summed E-state index contributed by atoms with van der Waals surface area (Å²) in [6.45, 7) is 4.16. The summed E-state index contributed by atoms with van der Waals surface area (Å²) in [5.41, 5.74) is 6.59. The van der Waals surface area contributed by atoms with Gasteiger partial charge in [-0.2, -0.15) is 0 Å². The molecule has 0 aliphatic carbocycles. The third-order valence-electron chi connectivity index (χ3n) is 2.17. The van der Waals surface area contributed by atoms with Gasteiger partial charge in [-0.25, -0.2) is 0 Å². The average Bonchev–Trinajstić information content (AvgIpc) is 2.23. The van der Waals surface area contributed by atoms with E-state index in [0.29, 0.717) is 28.0 Å². The molecule has 0 heterocycles. The molecule has 0 aromatic heterocycles. The molecular formula is C11H15Cl2N3O. The Bertz CT molecular complexity index is 400. The largest absolute Gasteiger partial charge is 0.399 e. The van der Waals surface area contributed by atoms with E-state index in [9.17, 15) is 4.79 Å². The normalized spacial score (nSPS) is 12.0. The lowest BCUT2D eigenvalue weighted by Crippen LogP contribution is -2.37. The van der Waals surface area contributed by atoms with Crippen LogP contribution in [-0.2, 0) is 4.79 Å². The maximum absolute atomic E-state index is 11.6. The number of likely N-dealkylation sites (N-methyl/N-ethyl adjacent to an activating group) is 1. The van der Waals surface area contributed by atoms with E-state index >= 15 is 0 Å². The molecule has 0 aliphatic heterocycles. The zero-order valence-electron chi connectivity index (χ0n) is 9.68. The van der Waals surface area contributed by atoms with Crippen molar-refractivity contribution in [2.24, 2.45) is 0 Å². The van der Waals surface area contributed by atoms with Gasteiger partial charge in [0, 0.05) is 12.2 Å². The van der Waals surface area contributed by atoms with Crippen molar-refractivity contribution >= 4 is 40.5 Å². The maximum atomic E-state index is 11.6. The van der Waals surface area contributed by atoms with Gasteiger partial charge in [0.15, 0.2) is 0 Å². The minimum atomic E-state index is -0.423. The highest BCUT2D eigenvalue weighted by atomic mass is 35.5. The van der Waals surface area contributed by atoms with E-state index in [2.05, 4.69) is 10.6 Å². The number of halogens is 2. The van der Waals surface area contributed by atoms with Crippen molar-refractivity contribution in [3.8, 4) is 0 Å². The van der Waals surface area contributed by atoms with E-state index in [4.69, 9.17) is 28.9 Å². The topological polar surface area (TPSA) is 67.2 Å². The fourth-order valence-electron chi connectivity index (χ4n) is 1.34. The number of rotatable bonds is 4. The highest BCUT2D eigenvalue weighted by Crippen LogP contribution is 2.33. The van der Waals surface area contributed by atoms with E-state index in [0.717, 1.165) is 0 Å². The molecule has 4 nitrogen and oxygen atoms in total. The number of amides is 1. The van der Waals surface area contributed by atoms with Crippen LogP contribution in [0.2, 0.25) is 10.0 Å². The first-order valence-electron chi connectivity index (χ1n) is 5.24. The molecule has 1 amide bonds. The molecule has 1 aromatic rings. The van der Waals surface area contributed by atoms with Gasteiger partial charge in [-0.1, -0.05) is 23.2 Å². The molecule has 0 fully saturated rings. The second-order valence-electron chi connectivity index (χ2n) is 3.62. The van der Waals surface area contributed by atoms with Crippen LogP contribution in [0.3, 0.4) is 0 Å². The van der Waals surface area contributed by atoms with Gasteiger partial charge >= 0.3 is 0 Å². The van der Waals surface area contributed by atoms with Crippen LogP contribution in [0.4, 0.5) is 11.4 Å². The van der Waals surface area contributed by atoms with Gasteiger partial charge in [-0.15, -0.1) is 0 Å². The van der Waals surface area contributed by atoms with Crippen LogP contribution < -0.4 is 16.4 Å². The number of benzene rings is 1. The first-order valence-corrected chi connectivity index (χ1v) is 6.00. The summed E-state index contributed by atoms with van der Waals surface area (Å²) in [6, 6.07) is 2.74. The molecule has 1 unspecified atom stereocenters. The van der Waals surface area contributed by atoms with E-state index in [1.807, 2.05) is 6.92 Å². The predicted molar refractivity (Wildman–Crippen MR) is 72.6 cm³/mol. The number of carbonyl (C=O) groups excluding carboxylic acids is 1. The minimum absolute atomic E-state index is 0.114. The predicted octanol–water partition coefficient (Wildman–Crippen LogP) is 2.51. The van der Waals surface area contributed by atoms with Crippen molar-refractivity contribution in [3.05, 3.63) is 22.2 Å². The number of nitrogen functional groups attached to an aromatic ring is 1. The zero-order valence-corrected chi connectivity index (χ0v) is 11.2. The molecule has 17 heavy (non-hydrogen) atoms. The quantitative estimate of drug-likeness (QED) is 0.740. The fourth-order valence-corrected chi connectivity index (χ4v) is 1.95. The van der Waals surface area contributed by atoms with Gasteiger partial charge in [0.05, 0.1) is 15.7 Å². The highest BCUT2D eigenvalue weighted by Gasteiger charge is 2.15. The Kier molecular flexibility index (Phi) is 4.90. The Labute approximate surface area is 110 Å². The summed E-state index contributed by atoms with van der Waals surface area (Å²) >= 11 is 12.0. The molecule has 0 bridgehead atoms. The van der Waals surface area contributed by atoms with Crippen LogP contribution in [0, 0.1) is 0 Å². The number of nitrogens with two attached hydrogens (primary N) is 1. The van der Waals surface area contributed by atoms with Crippen LogP contribution >= 0.6 is 23.2 Å². The molecule has 1 rings (SSSR count). The smallest absolute Gasteiger partial charge is 0.242 e. The number of anilines is 2. The van der Waals surface area contributed by atoms with Crippen LogP contribution in [0.25, 0.3) is 0 Å². The highest BCUT2D eigenvalue weighted by molar-refractivity contribution is 6.39. The van der Waals surface area contributed by atoms with E-state index in [1.54, 1.807) is 19.1 Å². The summed E-state index contributed by atoms with van der Waals surface area (Å²) < 4.78 is 0. The van der Waals surface area contributed by atoms with Crippen molar-refractivity contribution in [1.82, 2.24) is 5.32 Å². The lowest BCUT2D eigenvalue weighted by molar-refractivity contribution is -0.121. The Morgan fingerprint density at radius 1 is 1.41 bits per heavy atom. The molecule has 6 heteroatoms. The molecule has 94 valence electrons. The average molecular weight is 276 g/mol. The monoisotopic (exact) mass is 275 g/mol. The molecule has 0 aliphatic rings. The number of nitrogens with one attached hydrogen (secondary N) is 2. The Balaban J connectivity index is 2.85. The number of hydrogen-bond donors (Lipinski definition) is 3. The van der Waals surface area contributed by atoms with Gasteiger partial charge < -0.3 is 16.4 Å². The molecule has 4 N–H and O–H groups in total. The third-order valence-corrected chi connectivity index (χ3v) is 2.77. The molecule has 1 atom stereocenters. The standard InChI is InChI=1S/C11H15Cl2N3O/c1-3-15-11(17)6(2)16-10-8(12)4-7(14)5-9(10)13/h4-6,16H,3,14H2,1-2H3,(H,15,17). The summed E-state index contributed by atoms with van der Waals surface area (Å²) in [5, 5.41) is 6.45. The number of hydrogen-bond acceptors (Lipinski definition) is 3. The van der Waals surface area contributed by atoms with Gasteiger partial charge in [0.25, 0.3) is 0 Å². The van der Waals surface area contributed by atoms with E-state index in [-0.39, 0.29) is 5.91 Å². The van der Waals surface area contributed by atoms with Crippen molar-refractivity contribution in [2.45, 2.75) is 19.9 Å². The minimum Gasteiger partial charge on any atom is -0.399 e. The summed E-state index contributed by atoms with van der Waals surface area (Å²) in [4.78, 5) is 11.6. The summed E-state index contributed by atoms with van der Waals surface area (Å²) in [6.07, 6.45) is 0. The van der Waals surface area contributed by atoms with E-state index < -0.39 is 6.04 Å². The SMILES string of the molecule is CCNC(=O)C(C)Nc1c(Cl)cc(N)cc1Cl. The van der Waals surface area contributed by atoms with Crippen molar-refractivity contribution in [1.29, 1.82) is 0 Å². The van der Waals surface area contributed by atoms with Crippen molar-refractivity contribution < 1.29 is 4.79 Å². The fraction of sp³-hybridized carbons (Fsp3) is 0.364. The molecular weight excluding hydrogens is 261 g/mol. The Morgan fingerprint density at radius 2 is 1.94 bits per heavy atom. The summed E-state index contributed by atoms with van der Waals surface area (Å²) in [7, 11) is 0. The van der Waals surface area contributed by atoms with Gasteiger partial charge in [-0.05, 0) is 26.0 Å². The lowest BCUT2D eigenvalue weighted by Gasteiger charge is -2.17. The molecule has 0 spiro atoms. The molecule has 0 saturated carbocycles. The van der Waals surface area contributed by atoms with Gasteiger partial charge in [0.1, 0.15) is 6.04 Å². The van der Waals surface area contributed by atoms with Crippen LogP contribution in [0.5, 0.6) is 0 Å². The molecule has 0 radical (unpaired) electrons. The Morgan fingerprint density at radius 3 is 2.41 bits per heavy atom. The second kappa shape index (κ2) is 5.98. The zero-order chi connectivity index (χ0) is 13.0. The van der Waals surface area contributed by atoms with Crippen molar-refractivity contribution in [3.63, 3.8) is 0 Å². The van der Waals surface area contributed by atoms with Crippen LogP contribution in [-0.4, -0.2) is 18.5 Å². The Hall–Kier alpha value is -1.13. The van der Waals surface area contributed by atoms with E-state index in [1.165, 1.54) is 0 Å². The lowest BCUT2D eigenvalue weighted by atomic mass is 10.2. The molecule has 0 saturated heterocycles. The third kappa shape index (κ3) is 3.68. The maximum Gasteiger partial charge on any atom is 0.242 e. The van der Waals surface area contributed by atoms with Crippen LogP contribution in [0.1, 0.15) is 13.8 Å². The second-order valence-corrected chi connectivity index (χ2v) is 4.43. The summed E-state index contributed by atoms with van der Waals surface area (Å²) in [5.74, 6) is -0.114. The van der Waals surface area contributed by atoms with Gasteiger partial charge in [0.2, 0.25) is 5.91 Å². The number of carbonyl (C=O) groups is 1. The first kappa shape index (κ1) is 13.9.